The van der Waals surface area contributed by atoms with Gasteiger partial charge in [0.1, 0.15) is 0 Å². The molecule has 0 amide bonds. The van der Waals surface area contributed by atoms with E-state index in [1.165, 1.54) is 25.7 Å². The minimum atomic E-state index is -4.47. The van der Waals surface area contributed by atoms with E-state index in [1.807, 2.05) is 0 Å². The maximum Gasteiger partial charge on any atom is 0.391 e. The van der Waals surface area contributed by atoms with E-state index >= 15 is 0 Å². The molecule has 2 N–H and O–H groups in total. The molecule has 0 saturated heterocycles. The first-order valence-electron chi connectivity index (χ1n) is 6.07. The lowest BCUT2D eigenvalue weighted by Crippen LogP contribution is -1.98. The molecule has 0 rings (SSSR count). The molecule has 0 fully saturated rings. The summed E-state index contributed by atoms with van der Waals surface area (Å²) in [7, 11) is -4.47. The molecular weight excluding hydrogens is 227 g/mol. The van der Waals surface area contributed by atoms with E-state index in [0.717, 1.165) is 19.3 Å². The molecule has 0 atom stereocenters. The van der Waals surface area contributed by atoms with E-state index in [-0.39, 0.29) is 6.42 Å². The standard InChI is InChI=1S/C11H23O4P/c1-2-3-4-5-6-7-8-9-10-11(12)16(13,14)15/h2-10H2,1H3,(H2,13,14,15). The van der Waals surface area contributed by atoms with Gasteiger partial charge < -0.3 is 9.79 Å². The first kappa shape index (κ1) is 15.8. The fourth-order valence-corrected chi connectivity index (χ4v) is 2.01. The molecule has 0 aliphatic carbocycles. The van der Waals surface area contributed by atoms with Gasteiger partial charge in [-0.05, 0) is 6.42 Å². The van der Waals surface area contributed by atoms with Crippen LogP contribution in [0, 0.1) is 0 Å². The van der Waals surface area contributed by atoms with E-state index < -0.39 is 13.1 Å². The summed E-state index contributed by atoms with van der Waals surface area (Å²) in [5.74, 6) is 0. The zero-order valence-electron chi connectivity index (χ0n) is 10.0. The van der Waals surface area contributed by atoms with Gasteiger partial charge in [0.2, 0.25) is 5.52 Å². The Morgan fingerprint density at radius 3 is 1.81 bits per heavy atom. The summed E-state index contributed by atoms with van der Waals surface area (Å²) in [6.07, 6.45) is 8.70. The van der Waals surface area contributed by atoms with Gasteiger partial charge in [0.15, 0.2) is 0 Å². The highest BCUT2D eigenvalue weighted by Crippen LogP contribution is 2.37. The smallest absolute Gasteiger partial charge is 0.319 e. The van der Waals surface area contributed by atoms with E-state index in [4.69, 9.17) is 9.79 Å². The summed E-state index contributed by atoms with van der Waals surface area (Å²) in [5, 5.41) is 0. The molecule has 0 aromatic carbocycles. The van der Waals surface area contributed by atoms with Gasteiger partial charge in [-0.2, -0.15) is 0 Å². The highest BCUT2D eigenvalue weighted by molar-refractivity contribution is 7.70. The number of hydrogen-bond donors (Lipinski definition) is 2. The van der Waals surface area contributed by atoms with Crippen LogP contribution < -0.4 is 0 Å². The molecule has 0 aromatic heterocycles. The summed E-state index contributed by atoms with van der Waals surface area (Å²) in [5.41, 5.74) is -0.918. The van der Waals surface area contributed by atoms with Crippen molar-refractivity contribution in [2.24, 2.45) is 0 Å². The molecule has 0 aliphatic heterocycles. The van der Waals surface area contributed by atoms with Crippen molar-refractivity contribution in [3.63, 3.8) is 0 Å². The zero-order chi connectivity index (χ0) is 12.4. The Labute approximate surface area is 97.6 Å². The molecule has 0 aromatic rings. The number of unbranched alkanes of at least 4 members (excludes halogenated alkanes) is 7. The van der Waals surface area contributed by atoms with E-state index in [1.54, 1.807) is 0 Å². The van der Waals surface area contributed by atoms with Crippen LogP contribution in [0.5, 0.6) is 0 Å². The molecule has 16 heavy (non-hydrogen) atoms. The van der Waals surface area contributed by atoms with Crippen LogP contribution in [0.1, 0.15) is 64.7 Å². The first-order chi connectivity index (χ1) is 7.48. The van der Waals surface area contributed by atoms with Gasteiger partial charge in [-0.15, -0.1) is 0 Å². The highest BCUT2D eigenvalue weighted by atomic mass is 31.2. The maximum atomic E-state index is 10.9. The van der Waals surface area contributed by atoms with Gasteiger partial charge in [-0.3, -0.25) is 9.36 Å². The second-order valence-electron chi connectivity index (χ2n) is 4.16. The average Bonchev–Trinajstić information content (AvgIpc) is 2.20. The number of carbonyl (C=O) groups excluding carboxylic acids is 1. The number of rotatable bonds is 10. The Hall–Kier alpha value is -0.180. The number of carbonyl (C=O) groups is 1. The fraction of sp³-hybridized carbons (Fsp3) is 0.909. The third kappa shape index (κ3) is 9.08. The van der Waals surface area contributed by atoms with Crippen LogP contribution in [0.15, 0.2) is 0 Å². The topological polar surface area (TPSA) is 74.6 Å². The Morgan fingerprint density at radius 2 is 1.38 bits per heavy atom. The van der Waals surface area contributed by atoms with Crippen LogP contribution in [0.3, 0.4) is 0 Å². The molecule has 0 aliphatic rings. The Balaban J connectivity index is 3.28. The van der Waals surface area contributed by atoms with Crippen molar-refractivity contribution in [2.45, 2.75) is 64.7 Å². The predicted molar refractivity (Wildman–Crippen MR) is 64.3 cm³/mol. The van der Waals surface area contributed by atoms with Crippen molar-refractivity contribution in [3.05, 3.63) is 0 Å². The summed E-state index contributed by atoms with van der Waals surface area (Å²) in [6.45, 7) is 2.17. The van der Waals surface area contributed by atoms with Gasteiger partial charge in [0, 0.05) is 6.42 Å². The maximum absolute atomic E-state index is 10.9. The average molecular weight is 250 g/mol. The Bertz CT molecular complexity index is 234. The second-order valence-corrected chi connectivity index (χ2v) is 5.75. The highest BCUT2D eigenvalue weighted by Gasteiger charge is 2.24. The fourth-order valence-electron chi connectivity index (χ4n) is 1.56. The van der Waals surface area contributed by atoms with Crippen molar-refractivity contribution in [3.8, 4) is 0 Å². The number of hydrogen-bond acceptors (Lipinski definition) is 2. The van der Waals surface area contributed by atoms with Crippen molar-refractivity contribution in [2.75, 3.05) is 0 Å². The van der Waals surface area contributed by atoms with Gasteiger partial charge in [0.25, 0.3) is 0 Å². The molecule has 0 bridgehead atoms. The van der Waals surface area contributed by atoms with Crippen LogP contribution >= 0.6 is 7.60 Å². The largest absolute Gasteiger partial charge is 0.391 e. The summed E-state index contributed by atoms with van der Waals surface area (Å²) >= 11 is 0. The van der Waals surface area contributed by atoms with Gasteiger partial charge in [-0.1, -0.05) is 51.9 Å². The quantitative estimate of drug-likeness (QED) is 0.461. The summed E-state index contributed by atoms with van der Waals surface area (Å²) in [6, 6.07) is 0. The minimum Gasteiger partial charge on any atom is -0.319 e. The molecule has 0 spiro atoms. The van der Waals surface area contributed by atoms with Crippen LogP contribution in [-0.4, -0.2) is 15.3 Å². The summed E-state index contributed by atoms with van der Waals surface area (Å²) < 4.78 is 10.5. The molecule has 96 valence electrons. The Morgan fingerprint density at radius 1 is 0.938 bits per heavy atom. The van der Waals surface area contributed by atoms with Gasteiger partial charge >= 0.3 is 7.60 Å². The third-order valence-electron chi connectivity index (χ3n) is 2.57. The van der Waals surface area contributed by atoms with Crippen LogP contribution in [0.4, 0.5) is 0 Å². The minimum absolute atomic E-state index is 0.0131. The zero-order valence-corrected chi connectivity index (χ0v) is 10.9. The van der Waals surface area contributed by atoms with E-state index in [2.05, 4.69) is 6.92 Å². The van der Waals surface area contributed by atoms with Crippen molar-refractivity contribution in [1.29, 1.82) is 0 Å². The molecule has 0 heterocycles. The Kier molecular flexibility index (Phi) is 8.81. The van der Waals surface area contributed by atoms with Crippen LogP contribution in [0.25, 0.3) is 0 Å². The second kappa shape index (κ2) is 8.91. The normalized spacial score (nSPS) is 11.7. The van der Waals surface area contributed by atoms with Gasteiger partial charge in [-0.25, -0.2) is 0 Å². The molecule has 5 heteroatoms. The van der Waals surface area contributed by atoms with E-state index in [0.29, 0.717) is 6.42 Å². The lowest BCUT2D eigenvalue weighted by molar-refractivity contribution is -0.113. The lowest BCUT2D eigenvalue weighted by atomic mass is 10.1. The van der Waals surface area contributed by atoms with Crippen molar-refractivity contribution < 1.29 is 19.1 Å². The molecular formula is C11H23O4P. The molecule has 0 radical (unpaired) electrons. The third-order valence-corrected chi connectivity index (χ3v) is 3.44. The van der Waals surface area contributed by atoms with Crippen LogP contribution in [0.2, 0.25) is 0 Å². The predicted octanol–water partition coefficient (Wildman–Crippen LogP) is 3.22. The monoisotopic (exact) mass is 250 g/mol. The van der Waals surface area contributed by atoms with Crippen LogP contribution in [-0.2, 0) is 9.36 Å². The van der Waals surface area contributed by atoms with Crippen molar-refractivity contribution in [1.82, 2.24) is 0 Å². The molecule has 0 saturated carbocycles. The molecule has 0 unspecified atom stereocenters. The van der Waals surface area contributed by atoms with Gasteiger partial charge in [0.05, 0.1) is 0 Å². The first-order valence-corrected chi connectivity index (χ1v) is 7.68. The molecule has 4 nitrogen and oxygen atoms in total. The lowest BCUT2D eigenvalue weighted by Gasteiger charge is -2.03. The summed E-state index contributed by atoms with van der Waals surface area (Å²) in [4.78, 5) is 28.0. The van der Waals surface area contributed by atoms with E-state index in [9.17, 15) is 9.36 Å². The SMILES string of the molecule is CCCCCCCCCCC(=O)P(=O)(O)O. The van der Waals surface area contributed by atoms with Crippen molar-refractivity contribution >= 4 is 13.1 Å².